The second-order valence-electron chi connectivity index (χ2n) is 4.65. The van der Waals surface area contributed by atoms with E-state index >= 15 is 0 Å². The average molecular weight is 278 g/mol. The molecule has 1 aliphatic heterocycles. The number of fused-ring (bicyclic) bond motifs is 1. The van der Waals surface area contributed by atoms with Crippen LogP contribution in [-0.4, -0.2) is 6.04 Å². The third kappa shape index (κ3) is 2.26. The lowest BCUT2D eigenvalue weighted by Gasteiger charge is -2.33. The second kappa shape index (κ2) is 4.74. The molecule has 2 aromatic rings. The summed E-state index contributed by atoms with van der Waals surface area (Å²) in [5, 5.41) is 3.53. The van der Waals surface area contributed by atoms with Crippen molar-refractivity contribution in [2.75, 3.05) is 5.32 Å². The van der Waals surface area contributed by atoms with Crippen LogP contribution in [0.4, 0.5) is 10.1 Å². The first-order valence-corrected chi connectivity index (χ1v) is 6.50. The van der Waals surface area contributed by atoms with Gasteiger partial charge in [0.05, 0.1) is 16.8 Å². The summed E-state index contributed by atoms with van der Waals surface area (Å²) in [6.07, 6.45) is -0.142. The fraction of sp³-hybridized carbons (Fsp3) is 0.200. The molecule has 98 valence electrons. The molecule has 0 radical (unpaired) electrons. The van der Waals surface area contributed by atoms with Crippen LogP contribution in [0, 0.1) is 5.82 Å². The molecule has 0 amide bonds. The van der Waals surface area contributed by atoms with E-state index in [9.17, 15) is 4.39 Å². The highest BCUT2D eigenvalue weighted by Crippen LogP contribution is 2.42. The van der Waals surface area contributed by atoms with Gasteiger partial charge in [0.25, 0.3) is 0 Å². The van der Waals surface area contributed by atoms with E-state index < -0.39 is 0 Å². The summed E-state index contributed by atoms with van der Waals surface area (Å²) in [7, 11) is 0. The largest absolute Gasteiger partial charge is 0.480 e. The SMILES string of the molecule is CC1Nc2cc(F)cc(Cl)c2OC1c1ccccc1. The van der Waals surface area contributed by atoms with E-state index in [4.69, 9.17) is 16.3 Å². The molecular weight excluding hydrogens is 265 g/mol. The maximum atomic E-state index is 13.3. The van der Waals surface area contributed by atoms with Gasteiger partial charge in [0, 0.05) is 6.07 Å². The molecule has 0 bridgehead atoms. The lowest BCUT2D eigenvalue weighted by molar-refractivity contribution is 0.177. The third-order valence-corrected chi connectivity index (χ3v) is 3.50. The molecular formula is C15H13ClFNO. The van der Waals surface area contributed by atoms with Gasteiger partial charge < -0.3 is 10.1 Å². The van der Waals surface area contributed by atoms with Crippen LogP contribution in [-0.2, 0) is 0 Å². The Morgan fingerprint density at radius 3 is 2.68 bits per heavy atom. The van der Waals surface area contributed by atoms with Gasteiger partial charge in [-0.05, 0) is 18.6 Å². The summed E-state index contributed by atoms with van der Waals surface area (Å²) >= 11 is 6.04. The Kier molecular flexibility index (Phi) is 3.07. The van der Waals surface area contributed by atoms with Crippen molar-refractivity contribution >= 4 is 17.3 Å². The van der Waals surface area contributed by atoms with Crippen molar-refractivity contribution in [2.24, 2.45) is 0 Å². The number of hydrogen-bond acceptors (Lipinski definition) is 2. The Labute approximate surface area is 116 Å². The highest BCUT2D eigenvalue weighted by atomic mass is 35.5. The number of halogens is 2. The Balaban J connectivity index is 2.00. The maximum Gasteiger partial charge on any atom is 0.162 e. The van der Waals surface area contributed by atoms with Gasteiger partial charge in [-0.2, -0.15) is 0 Å². The van der Waals surface area contributed by atoms with Gasteiger partial charge in [-0.1, -0.05) is 41.9 Å². The molecule has 0 spiro atoms. The van der Waals surface area contributed by atoms with Gasteiger partial charge in [-0.15, -0.1) is 0 Å². The van der Waals surface area contributed by atoms with Gasteiger partial charge in [-0.3, -0.25) is 0 Å². The smallest absolute Gasteiger partial charge is 0.162 e. The van der Waals surface area contributed by atoms with Crippen LogP contribution in [0.2, 0.25) is 5.02 Å². The van der Waals surface area contributed by atoms with Crippen LogP contribution in [0.5, 0.6) is 5.75 Å². The average Bonchev–Trinajstić information content (AvgIpc) is 2.38. The first-order chi connectivity index (χ1) is 9.15. The minimum Gasteiger partial charge on any atom is -0.480 e. The molecule has 2 unspecified atom stereocenters. The number of ether oxygens (including phenoxy) is 1. The Morgan fingerprint density at radius 1 is 1.21 bits per heavy atom. The number of nitrogens with one attached hydrogen (secondary N) is 1. The molecule has 3 rings (SSSR count). The Hall–Kier alpha value is -1.74. The maximum absolute atomic E-state index is 13.3. The van der Waals surface area contributed by atoms with E-state index in [1.54, 1.807) is 0 Å². The molecule has 0 aromatic heterocycles. The second-order valence-corrected chi connectivity index (χ2v) is 5.05. The summed E-state index contributed by atoms with van der Waals surface area (Å²) in [4.78, 5) is 0. The molecule has 0 aliphatic carbocycles. The molecule has 1 N–H and O–H groups in total. The zero-order valence-electron chi connectivity index (χ0n) is 10.4. The standard InChI is InChI=1S/C15H13ClFNO/c1-9-14(10-5-3-2-4-6-10)19-15-12(16)7-11(17)8-13(15)18-9/h2-9,14,18H,1H3. The van der Waals surface area contributed by atoms with Crippen molar-refractivity contribution < 1.29 is 9.13 Å². The van der Waals surface area contributed by atoms with E-state index in [1.165, 1.54) is 12.1 Å². The number of rotatable bonds is 1. The zero-order chi connectivity index (χ0) is 13.4. The molecule has 2 aromatic carbocycles. The lowest BCUT2D eigenvalue weighted by Crippen LogP contribution is -2.32. The number of hydrogen-bond donors (Lipinski definition) is 1. The summed E-state index contributed by atoms with van der Waals surface area (Å²) in [6.45, 7) is 2.00. The molecule has 2 nitrogen and oxygen atoms in total. The predicted octanol–water partition coefficient (Wildman–Crippen LogP) is 4.41. The van der Waals surface area contributed by atoms with Crippen LogP contribution in [0.1, 0.15) is 18.6 Å². The summed E-state index contributed by atoms with van der Waals surface area (Å²) < 4.78 is 19.3. The zero-order valence-corrected chi connectivity index (χ0v) is 11.1. The fourth-order valence-electron chi connectivity index (χ4n) is 2.34. The highest BCUT2D eigenvalue weighted by Gasteiger charge is 2.29. The van der Waals surface area contributed by atoms with E-state index in [0.717, 1.165) is 5.56 Å². The molecule has 1 aliphatic rings. The van der Waals surface area contributed by atoms with Gasteiger partial charge in [0.1, 0.15) is 11.9 Å². The van der Waals surface area contributed by atoms with Crippen molar-refractivity contribution in [3.63, 3.8) is 0 Å². The summed E-state index contributed by atoms with van der Waals surface area (Å²) in [6, 6.07) is 12.6. The topological polar surface area (TPSA) is 21.3 Å². The third-order valence-electron chi connectivity index (χ3n) is 3.22. The normalized spacial score (nSPS) is 21.2. The molecule has 2 atom stereocenters. The van der Waals surface area contributed by atoms with Gasteiger partial charge in [0.15, 0.2) is 5.75 Å². The molecule has 0 fully saturated rings. The van der Waals surface area contributed by atoms with Crippen molar-refractivity contribution in [3.05, 3.63) is 58.9 Å². The summed E-state index contributed by atoms with van der Waals surface area (Å²) in [5.74, 6) is 0.139. The van der Waals surface area contributed by atoms with E-state index in [-0.39, 0.29) is 23.0 Å². The van der Waals surface area contributed by atoms with Gasteiger partial charge in [0.2, 0.25) is 0 Å². The van der Waals surface area contributed by atoms with Crippen molar-refractivity contribution in [3.8, 4) is 5.75 Å². The fourth-order valence-corrected chi connectivity index (χ4v) is 2.59. The Morgan fingerprint density at radius 2 is 1.95 bits per heavy atom. The van der Waals surface area contributed by atoms with Gasteiger partial charge >= 0.3 is 0 Å². The van der Waals surface area contributed by atoms with Crippen molar-refractivity contribution in [2.45, 2.75) is 19.1 Å². The molecule has 19 heavy (non-hydrogen) atoms. The van der Waals surface area contributed by atoms with Crippen LogP contribution in [0.15, 0.2) is 42.5 Å². The first kappa shape index (κ1) is 12.3. The lowest BCUT2D eigenvalue weighted by atomic mass is 10.0. The number of anilines is 1. The van der Waals surface area contributed by atoms with Crippen LogP contribution in [0.3, 0.4) is 0 Å². The van der Waals surface area contributed by atoms with Crippen LogP contribution in [0.25, 0.3) is 0 Å². The quantitative estimate of drug-likeness (QED) is 0.833. The van der Waals surface area contributed by atoms with Gasteiger partial charge in [-0.25, -0.2) is 4.39 Å². The summed E-state index contributed by atoms with van der Waals surface area (Å²) in [5.41, 5.74) is 1.67. The Bertz CT molecular complexity index is 603. The molecule has 0 saturated heterocycles. The van der Waals surface area contributed by atoms with E-state index in [1.807, 2.05) is 37.3 Å². The number of benzene rings is 2. The highest BCUT2D eigenvalue weighted by molar-refractivity contribution is 6.32. The van der Waals surface area contributed by atoms with E-state index in [2.05, 4.69) is 5.32 Å². The van der Waals surface area contributed by atoms with Crippen molar-refractivity contribution in [1.82, 2.24) is 0 Å². The van der Waals surface area contributed by atoms with E-state index in [0.29, 0.717) is 11.4 Å². The molecule has 1 heterocycles. The predicted molar refractivity (Wildman–Crippen MR) is 74.3 cm³/mol. The first-order valence-electron chi connectivity index (χ1n) is 6.12. The monoisotopic (exact) mass is 277 g/mol. The van der Waals surface area contributed by atoms with Crippen LogP contribution >= 0.6 is 11.6 Å². The minimum absolute atomic E-state index is 0.0350. The van der Waals surface area contributed by atoms with Crippen LogP contribution < -0.4 is 10.1 Å². The molecule has 0 saturated carbocycles. The minimum atomic E-state index is -0.370. The molecule has 4 heteroatoms. The van der Waals surface area contributed by atoms with Crippen molar-refractivity contribution in [1.29, 1.82) is 0 Å².